The molecule has 2 aliphatic rings. The smallest absolute Gasteiger partial charge is 0.230 e. The minimum atomic E-state index is -0.268. The van der Waals surface area contributed by atoms with Gasteiger partial charge in [-0.05, 0) is 62.3 Å². The van der Waals surface area contributed by atoms with Crippen LogP contribution >= 0.6 is 0 Å². The third kappa shape index (κ3) is 2.44. The van der Waals surface area contributed by atoms with Crippen molar-refractivity contribution >= 4 is 11.6 Å². The molecule has 0 aromatic heterocycles. The van der Waals surface area contributed by atoms with Crippen LogP contribution in [-0.4, -0.2) is 19.0 Å². The van der Waals surface area contributed by atoms with E-state index >= 15 is 0 Å². The Bertz CT molecular complexity index is 509. The molecule has 0 radical (unpaired) electrons. The fourth-order valence-electron chi connectivity index (χ4n) is 3.45. The van der Waals surface area contributed by atoms with Gasteiger partial charge in [0.1, 0.15) is 5.82 Å². The second-order valence-electron chi connectivity index (χ2n) is 5.97. The summed E-state index contributed by atoms with van der Waals surface area (Å²) in [6, 6.07) is 4.76. The summed E-state index contributed by atoms with van der Waals surface area (Å²) in [6.45, 7) is 1.41. The second-order valence-corrected chi connectivity index (χ2v) is 5.97. The highest BCUT2D eigenvalue weighted by Gasteiger charge is 2.32. The van der Waals surface area contributed by atoms with Crippen LogP contribution in [0.3, 0.4) is 0 Å². The molecule has 0 saturated heterocycles. The van der Waals surface area contributed by atoms with E-state index in [1.807, 2.05) is 0 Å². The molecule has 0 unspecified atom stereocenters. The van der Waals surface area contributed by atoms with Crippen LogP contribution in [-0.2, 0) is 11.2 Å². The lowest BCUT2D eigenvalue weighted by Crippen LogP contribution is -2.37. The van der Waals surface area contributed by atoms with Gasteiger partial charge in [0.05, 0.1) is 0 Å². The molecule has 1 aromatic rings. The quantitative estimate of drug-likeness (QED) is 0.902. The first kappa shape index (κ1) is 13.6. The van der Waals surface area contributed by atoms with Gasteiger partial charge in [-0.25, -0.2) is 4.39 Å². The highest BCUT2D eigenvalue weighted by atomic mass is 19.1. The van der Waals surface area contributed by atoms with Crippen LogP contribution in [0, 0.1) is 17.7 Å². The summed E-state index contributed by atoms with van der Waals surface area (Å²) in [7, 11) is 0. The van der Waals surface area contributed by atoms with Gasteiger partial charge in [0.25, 0.3) is 0 Å². The summed E-state index contributed by atoms with van der Waals surface area (Å²) in [4.78, 5) is 14.4. The van der Waals surface area contributed by atoms with Crippen molar-refractivity contribution in [2.24, 2.45) is 17.6 Å². The summed E-state index contributed by atoms with van der Waals surface area (Å²) in [5.74, 6) is 0.564. The van der Waals surface area contributed by atoms with Gasteiger partial charge in [0.2, 0.25) is 5.91 Å². The van der Waals surface area contributed by atoms with Crippen LogP contribution in [0.2, 0.25) is 0 Å². The Morgan fingerprint density at radius 2 is 2.05 bits per heavy atom. The standard InChI is InChI=1S/C16H21FN2O/c17-14-6-5-12-7-8-19(15(12)9-14)16(20)13-3-1-11(10-18)2-4-13/h5-6,9,11,13H,1-4,7-8,10,18H2. The summed E-state index contributed by atoms with van der Waals surface area (Å²) < 4.78 is 13.4. The Morgan fingerprint density at radius 1 is 1.30 bits per heavy atom. The first-order valence-electron chi connectivity index (χ1n) is 7.49. The Balaban J connectivity index is 1.72. The van der Waals surface area contributed by atoms with E-state index in [1.54, 1.807) is 11.0 Å². The maximum Gasteiger partial charge on any atom is 0.230 e. The van der Waals surface area contributed by atoms with Crippen molar-refractivity contribution in [2.45, 2.75) is 32.1 Å². The maximum absolute atomic E-state index is 13.4. The van der Waals surface area contributed by atoms with Crippen molar-refractivity contribution in [3.63, 3.8) is 0 Å². The molecule has 1 aliphatic heterocycles. The molecular weight excluding hydrogens is 255 g/mol. The van der Waals surface area contributed by atoms with E-state index in [0.717, 1.165) is 49.9 Å². The fraction of sp³-hybridized carbons (Fsp3) is 0.562. The van der Waals surface area contributed by atoms with Gasteiger partial charge in [-0.2, -0.15) is 0 Å². The summed E-state index contributed by atoms with van der Waals surface area (Å²) in [6.07, 6.45) is 4.75. The number of nitrogens with zero attached hydrogens (tertiary/aromatic N) is 1. The zero-order chi connectivity index (χ0) is 14.1. The molecule has 2 N–H and O–H groups in total. The number of hydrogen-bond donors (Lipinski definition) is 1. The number of carbonyl (C=O) groups excluding carboxylic acids is 1. The largest absolute Gasteiger partial charge is 0.330 e. The third-order valence-electron chi connectivity index (χ3n) is 4.74. The zero-order valence-electron chi connectivity index (χ0n) is 11.6. The average molecular weight is 276 g/mol. The molecule has 0 spiro atoms. The lowest BCUT2D eigenvalue weighted by Gasteiger charge is -2.30. The first-order valence-corrected chi connectivity index (χ1v) is 7.49. The molecule has 1 amide bonds. The van der Waals surface area contributed by atoms with Gasteiger partial charge >= 0.3 is 0 Å². The van der Waals surface area contributed by atoms with Gasteiger partial charge in [0, 0.05) is 18.2 Å². The lowest BCUT2D eigenvalue weighted by atomic mass is 9.81. The first-order chi connectivity index (χ1) is 9.69. The van der Waals surface area contributed by atoms with Gasteiger partial charge in [-0.15, -0.1) is 0 Å². The van der Waals surface area contributed by atoms with Gasteiger partial charge in [-0.1, -0.05) is 6.07 Å². The number of carbonyl (C=O) groups is 1. The van der Waals surface area contributed by atoms with Gasteiger partial charge < -0.3 is 10.6 Å². The van der Waals surface area contributed by atoms with Crippen LogP contribution in [0.25, 0.3) is 0 Å². The van der Waals surface area contributed by atoms with Crippen LogP contribution in [0.5, 0.6) is 0 Å². The van der Waals surface area contributed by atoms with Crippen LogP contribution < -0.4 is 10.6 Å². The molecule has 1 fully saturated rings. The lowest BCUT2D eigenvalue weighted by molar-refractivity contribution is -0.123. The molecule has 20 heavy (non-hydrogen) atoms. The normalized spacial score (nSPS) is 25.6. The fourth-order valence-corrected chi connectivity index (χ4v) is 3.45. The molecular formula is C16H21FN2O. The molecule has 1 heterocycles. The Morgan fingerprint density at radius 3 is 2.75 bits per heavy atom. The van der Waals surface area contributed by atoms with Crippen LogP contribution in [0.1, 0.15) is 31.2 Å². The topological polar surface area (TPSA) is 46.3 Å². The summed E-state index contributed by atoms with van der Waals surface area (Å²) in [5, 5.41) is 0. The van der Waals surface area contributed by atoms with Crippen molar-refractivity contribution in [2.75, 3.05) is 18.0 Å². The van der Waals surface area contributed by atoms with E-state index in [1.165, 1.54) is 12.1 Å². The summed E-state index contributed by atoms with van der Waals surface area (Å²) in [5.41, 5.74) is 7.54. The number of halogens is 1. The van der Waals surface area contributed by atoms with Crippen molar-refractivity contribution in [3.8, 4) is 0 Å². The number of rotatable bonds is 2. The predicted octanol–water partition coefficient (Wildman–Crippen LogP) is 2.48. The van der Waals surface area contributed by atoms with Crippen molar-refractivity contribution in [1.29, 1.82) is 0 Å². The number of fused-ring (bicyclic) bond motifs is 1. The van der Waals surface area contributed by atoms with Crippen molar-refractivity contribution in [1.82, 2.24) is 0 Å². The van der Waals surface area contributed by atoms with Gasteiger partial charge in [0.15, 0.2) is 0 Å². The predicted molar refractivity (Wildman–Crippen MR) is 77.0 cm³/mol. The van der Waals surface area contributed by atoms with E-state index in [0.29, 0.717) is 12.5 Å². The van der Waals surface area contributed by atoms with E-state index in [4.69, 9.17) is 5.73 Å². The Labute approximate surface area is 118 Å². The molecule has 3 nitrogen and oxygen atoms in total. The van der Waals surface area contributed by atoms with Gasteiger partial charge in [-0.3, -0.25) is 4.79 Å². The molecule has 3 rings (SSSR count). The molecule has 1 aliphatic carbocycles. The minimum Gasteiger partial charge on any atom is -0.330 e. The molecule has 1 aromatic carbocycles. The zero-order valence-corrected chi connectivity index (χ0v) is 11.6. The van der Waals surface area contributed by atoms with E-state index in [-0.39, 0.29) is 17.6 Å². The third-order valence-corrected chi connectivity index (χ3v) is 4.74. The van der Waals surface area contributed by atoms with Crippen LogP contribution in [0.15, 0.2) is 18.2 Å². The molecule has 0 bridgehead atoms. The van der Waals surface area contributed by atoms with Crippen molar-refractivity contribution < 1.29 is 9.18 Å². The summed E-state index contributed by atoms with van der Waals surface area (Å²) >= 11 is 0. The number of anilines is 1. The van der Waals surface area contributed by atoms with E-state index in [9.17, 15) is 9.18 Å². The number of benzene rings is 1. The second kappa shape index (κ2) is 5.52. The number of nitrogens with two attached hydrogens (primary N) is 1. The molecule has 4 heteroatoms. The van der Waals surface area contributed by atoms with Crippen molar-refractivity contribution in [3.05, 3.63) is 29.6 Å². The highest BCUT2D eigenvalue weighted by molar-refractivity contribution is 5.97. The van der Waals surface area contributed by atoms with Crippen LogP contribution in [0.4, 0.5) is 10.1 Å². The minimum absolute atomic E-state index is 0.0898. The average Bonchev–Trinajstić information content (AvgIpc) is 2.89. The number of hydrogen-bond acceptors (Lipinski definition) is 2. The molecule has 0 atom stereocenters. The highest BCUT2D eigenvalue weighted by Crippen LogP contribution is 2.34. The maximum atomic E-state index is 13.4. The Kier molecular flexibility index (Phi) is 3.74. The SMILES string of the molecule is NCC1CCC(C(=O)N2CCc3ccc(F)cc32)CC1. The number of amides is 1. The monoisotopic (exact) mass is 276 g/mol. The van der Waals surface area contributed by atoms with E-state index < -0.39 is 0 Å². The Hall–Kier alpha value is -1.42. The molecule has 108 valence electrons. The van der Waals surface area contributed by atoms with E-state index in [2.05, 4.69) is 0 Å². The molecule has 1 saturated carbocycles.